The summed E-state index contributed by atoms with van der Waals surface area (Å²) in [6.07, 6.45) is 6.45. The minimum Gasteiger partial charge on any atom is -0.367 e. The van der Waals surface area contributed by atoms with Crippen molar-refractivity contribution < 1.29 is 13.2 Å². The Bertz CT molecular complexity index is 1420. The van der Waals surface area contributed by atoms with Crippen molar-refractivity contribution in [3.05, 3.63) is 93.5 Å². The topological polar surface area (TPSA) is 63.4 Å². The fraction of sp³-hybridized carbons (Fsp3) is 0.406. The summed E-state index contributed by atoms with van der Waals surface area (Å²) < 4.78 is 39.1. The third-order valence-electron chi connectivity index (χ3n) is 8.69. The molecular formula is C32H36F3N5O. The van der Waals surface area contributed by atoms with Crippen LogP contribution in [0.25, 0.3) is 17.2 Å². The molecule has 0 bridgehead atoms. The molecule has 2 aromatic carbocycles. The van der Waals surface area contributed by atoms with Crippen LogP contribution < -0.4 is 16.2 Å². The van der Waals surface area contributed by atoms with Gasteiger partial charge in [0.05, 0.1) is 11.1 Å². The number of aromatic nitrogens is 1. The molecule has 3 aliphatic rings. The number of nitrogens with one attached hydrogen (secondary N) is 3. The van der Waals surface area contributed by atoms with Gasteiger partial charge < -0.3 is 25.4 Å². The van der Waals surface area contributed by atoms with Crippen molar-refractivity contribution >= 4 is 11.8 Å². The van der Waals surface area contributed by atoms with Gasteiger partial charge in [0.1, 0.15) is 6.17 Å². The zero-order chi connectivity index (χ0) is 28.4. The van der Waals surface area contributed by atoms with Gasteiger partial charge in [-0.15, -0.1) is 0 Å². The van der Waals surface area contributed by atoms with Gasteiger partial charge in [-0.05, 0) is 112 Å². The molecule has 0 saturated carbocycles. The van der Waals surface area contributed by atoms with E-state index in [1.165, 1.54) is 69.6 Å². The highest BCUT2D eigenvalue weighted by molar-refractivity contribution is 5.78. The average molecular weight is 564 g/mol. The normalized spacial score (nSPS) is 20.1. The Morgan fingerprint density at radius 3 is 2.32 bits per heavy atom. The second-order valence-corrected chi connectivity index (χ2v) is 11.3. The summed E-state index contributed by atoms with van der Waals surface area (Å²) in [4.78, 5) is 20.9. The van der Waals surface area contributed by atoms with Gasteiger partial charge in [-0.3, -0.25) is 4.79 Å². The van der Waals surface area contributed by atoms with Gasteiger partial charge in [0.25, 0.3) is 5.56 Å². The number of aromatic amines is 1. The molecule has 0 amide bonds. The predicted molar refractivity (Wildman–Crippen MR) is 156 cm³/mol. The zero-order valence-corrected chi connectivity index (χ0v) is 23.0. The van der Waals surface area contributed by atoms with Crippen LogP contribution in [0.3, 0.4) is 0 Å². The standard InChI is InChI=1S/C32H36F3N5O/c33-32(34,35)24-7-5-23(6-8-24)28-21-37-31(41)29-27(28)11-15-36-30(29)38-25-9-3-22(4-10-25)12-18-39-19-13-26(14-20-39)40-16-1-2-17-40/h3-11,15,21,26,30,36,38H,1-2,12-14,16-20H2,(H,37,41). The third kappa shape index (κ3) is 6.21. The van der Waals surface area contributed by atoms with Crippen LogP contribution in [0.5, 0.6) is 0 Å². The molecule has 3 aliphatic heterocycles. The lowest BCUT2D eigenvalue weighted by molar-refractivity contribution is -0.137. The number of fused-ring (bicyclic) bond motifs is 1. The van der Waals surface area contributed by atoms with E-state index in [1.807, 2.05) is 12.1 Å². The number of nitrogens with zero attached hydrogens (tertiary/aromatic N) is 2. The smallest absolute Gasteiger partial charge is 0.367 e. The number of piperidine rings is 1. The van der Waals surface area contributed by atoms with Crippen LogP contribution in [-0.4, -0.2) is 53.5 Å². The van der Waals surface area contributed by atoms with Gasteiger partial charge >= 0.3 is 6.18 Å². The van der Waals surface area contributed by atoms with Gasteiger partial charge in [-0.25, -0.2) is 0 Å². The first-order valence-electron chi connectivity index (χ1n) is 14.5. The first kappa shape index (κ1) is 27.6. The lowest BCUT2D eigenvalue weighted by atomic mass is 9.94. The summed E-state index contributed by atoms with van der Waals surface area (Å²) in [5.41, 5.74) is 3.62. The fourth-order valence-corrected chi connectivity index (χ4v) is 6.37. The van der Waals surface area contributed by atoms with Crippen molar-refractivity contribution in [2.24, 2.45) is 0 Å². The van der Waals surface area contributed by atoms with Crippen molar-refractivity contribution in [1.82, 2.24) is 20.1 Å². The van der Waals surface area contributed by atoms with E-state index in [-0.39, 0.29) is 5.56 Å². The van der Waals surface area contributed by atoms with Crippen LogP contribution >= 0.6 is 0 Å². The maximum absolute atomic E-state index is 13.0. The number of likely N-dealkylation sites (tertiary alicyclic amines) is 2. The van der Waals surface area contributed by atoms with E-state index in [1.54, 1.807) is 18.5 Å². The fourth-order valence-electron chi connectivity index (χ4n) is 6.37. The van der Waals surface area contributed by atoms with Gasteiger partial charge in [-0.1, -0.05) is 24.3 Å². The molecule has 6 nitrogen and oxygen atoms in total. The Balaban J connectivity index is 1.09. The summed E-state index contributed by atoms with van der Waals surface area (Å²) in [6.45, 7) is 5.95. The van der Waals surface area contributed by atoms with E-state index >= 15 is 0 Å². The summed E-state index contributed by atoms with van der Waals surface area (Å²) in [5, 5.41) is 6.61. The maximum atomic E-state index is 13.0. The van der Waals surface area contributed by atoms with E-state index in [2.05, 4.69) is 37.6 Å². The predicted octanol–water partition coefficient (Wildman–Crippen LogP) is 5.85. The molecule has 2 fully saturated rings. The number of halogens is 3. The molecule has 2 saturated heterocycles. The molecule has 0 radical (unpaired) electrons. The lowest BCUT2D eigenvalue weighted by Crippen LogP contribution is -2.44. The highest BCUT2D eigenvalue weighted by Crippen LogP contribution is 2.34. The molecule has 1 atom stereocenters. The minimum atomic E-state index is -4.40. The quantitative estimate of drug-likeness (QED) is 0.337. The molecule has 1 unspecified atom stereocenters. The third-order valence-corrected chi connectivity index (χ3v) is 8.69. The van der Waals surface area contributed by atoms with Crippen molar-refractivity contribution in [3.8, 4) is 11.1 Å². The highest BCUT2D eigenvalue weighted by atomic mass is 19.4. The molecule has 4 heterocycles. The number of rotatable bonds is 7. The van der Waals surface area contributed by atoms with E-state index in [0.717, 1.165) is 36.8 Å². The van der Waals surface area contributed by atoms with Crippen LogP contribution in [-0.2, 0) is 12.6 Å². The van der Waals surface area contributed by atoms with Gasteiger partial charge in [-0.2, -0.15) is 13.2 Å². The van der Waals surface area contributed by atoms with Crippen LogP contribution in [0.2, 0.25) is 0 Å². The molecule has 41 heavy (non-hydrogen) atoms. The van der Waals surface area contributed by atoms with Gasteiger partial charge in [0, 0.05) is 30.0 Å². The Kier molecular flexibility index (Phi) is 7.90. The average Bonchev–Trinajstić information content (AvgIpc) is 3.52. The molecular weight excluding hydrogens is 527 g/mol. The largest absolute Gasteiger partial charge is 0.416 e. The molecule has 3 N–H and O–H groups in total. The van der Waals surface area contributed by atoms with Crippen LogP contribution in [0.15, 0.2) is 65.7 Å². The van der Waals surface area contributed by atoms with Gasteiger partial charge in [0.15, 0.2) is 0 Å². The number of anilines is 1. The van der Waals surface area contributed by atoms with Crippen LogP contribution in [0.1, 0.15) is 54.1 Å². The Morgan fingerprint density at radius 2 is 1.63 bits per heavy atom. The zero-order valence-electron chi connectivity index (χ0n) is 23.0. The van der Waals surface area contributed by atoms with E-state index in [9.17, 15) is 18.0 Å². The van der Waals surface area contributed by atoms with Crippen molar-refractivity contribution in [2.45, 2.75) is 50.5 Å². The van der Waals surface area contributed by atoms with Gasteiger partial charge in [0.2, 0.25) is 0 Å². The number of H-pyrrole nitrogens is 1. The number of hydrogen-bond acceptors (Lipinski definition) is 5. The summed E-state index contributed by atoms with van der Waals surface area (Å²) in [7, 11) is 0. The number of alkyl halides is 3. The molecule has 0 aliphatic carbocycles. The minimum absolute atomic E-state index is 0.255. The molecule has 9 heteroatoms. The van der Waals surface area contributed by atoms with Crippen molar-refractivity contribution in [2.75, 3.05) is 38.0 Å². The second kappa shape index (κ2) is 11.7. The number of hydrogen-bond donors (Lipinski definition) is 3. The lowest BCUT2D eigenvalue weighted by Gasteiger charge is -2.36. The highest BCUT2D eigenvalue weighted by Gasteiger charge is 2.30. The molecule has 1 aromatic heterocycles. The number of pyridine rings is 1. The molecule has 216 valence electrons. The maximum Gasteiger partial charge on any atom is 0.416 e. The second-order valence-electron chi connectivity index (χ2n) is 11.3. The Hall–Kier alpha value is -3.56. The van der Waals surface area contributed by atoms with E-state index in [0.29, 0.717) is 22.3 Å². The monoisotopic (exact) mass is 563 g/mol. The first-order valence-corrected chi connectivity index (χ1v) is 14.5. The number of benzene rings is 2. The summed E-state index contributed by atoms with van der Waals surface area (Å²) in [6, 6.07) is 14.1. The summed E-state index contributed by atoms with van der Waals surface area (Å²) in [5.74, 6) is 0. The first-order chi connectivity index (χ1) is 19.8. The molecule has 3 aromatic rings. The SMILES string of the molecule is O=c1[nH]cc(-c2ccc(C(F)(F)F)cc2)c2c1C(Nc1ccc(CCN3CCC(N4CCCC4)CC3)cc1)NC=C2. The Morgan fingerprint density at radius 1 is 0.927 bits per heavy atom. The van der Waals surface area contributed by atoms with Crippen molar-refractivity contribution in [1.29, 1.82) is 0 Å². The summed E-state index contributed by atoms with van der Waals surface area (Å²) >= 11 is 0. The molecule has 6 rings (SSSR count). The van der Waals surface area contributed by atoms with Crippen molar-refractivity contribution in [3.63, 3.8) is 0 Å². The van der Waals surface area contributed by atoms with E-state index in [4.69, 9.17) is 0 Å². The van der Waals surface area contributed by atoms with Crippen LogP contribution in [0.4, 0.5) is 18.9 Å². The Labute approximate surface area is 238 Å². The molecule has 0 spiro atoms. The van der Waals surface area contributed by atoms with Crippen LogP contribution in [0, 0.1) is 0 Å². The van der Waals surface area contributed by atoms with E-state index < -0.39 is 17.9 Å².